The Labute approximate surface area is 120 Å². The van der Waals surface area contributed by atoms with E-state index in [0.717, 1.165) is 11.4 Å². The number of hydrogen-bond donors (Lipinski definition) is 3. The average Bonchev–Trinajstić information content (AvgIpc) is 3.17. The van der Waals surface area contributed by atoms with Crippen LogP contribution in [0, 0.1) is 0 Å². The molecule has 0 saturated heterocycles. The molecule has 7 nitrogen and oxygen atoms in total. The zero-order chi connectivity index (χ0) is 14.7. The molecular formula is C14H14N6O. The van der Waals surface area contributed by atoms with Gasteiger partial charge in [0.1, 0.15) is 0 Å². The molecule has 0 fully saturated rings. The summed E-state index contributed by atoms with van der Waals surface area (Å²) in [6, 6.07) is 10.8. The summed E-state index contributed by atoms with van der Waals surface area (Å²) in [5.41, 5.74) is 8.39. The monoisotopic (exact) mass is 282 g/mol. The lowest BCUT2D eigenvalue weighted by molar-refractivity contribution is 0.0945. The number of rotatable bonds is 4. The molecule has 0 unspecified atom stereocenters. The molecule has 7 heteroatoms. The van der Waals surface area contributed by atoms with Gasteiger partial charge in [-0.25, -0.2) is 4.68 Å². The van der Waals surface area contributed by atoms with Crippen LogP contribution in [0.4, 0.5) is 5.69 Å². The number of amides is 1. The van der Waals surface area contributed by atoms with Gasteiger partial charge in [-0.1, -0.05) is 12.1 Å². The van der Waals surface area contributed by atoms with E-state index in [-0.39, 0.29) is 5.91 Å². The minimum atomic E-state index is -0.252. The number of carbonyl (C=O) groups is 1. The maximum absolute atomic E-state index is 12.0. The van der Waals surface area contributed by atoms with Crippen molar-refractivity contribution in [3.63, 3.8) is 0 Å². The number of hydrogen-bond acceptors (Lipinski definition) is 4. The normalized spacial score (nSPS) is 10.5. The standard InChI is InChI=1S/C14H14N6O/c15-11-3-1-2-4-13(11)20-8-6-12(19-20)14(21)16-9-10-5-7-17-18-10/h1-8H,9,15H2,(H,16,21)(H,17,18). The van der Waals surface area contributed by atoms with Crippen LogP contribution in [0.1, 0.15) is 16.2 Å². The lowest BCUT2D eigenvalue weighted by Gasteiger charge is -2.04. The molecule has 21 heavy (non-hydrogen) atoms. The molecule has 0 aliphatic heterocycles. The van der Waals surface area contributed by atoms with Crippen LogP contribution in [-0.2, 0) is 6.54 Å². The van der Waals surface area contributed by atoms with Gasteiger partial charge in [0.05, 0.1) is 23.6 Å². The van der Waals surface area contributed by atoms with Crippen LogP contribution in [-0.4, -0.2) is 25.9 Å². The van der Waals surface area contributed by atoms with Crippen LogP contribution in [0.3, 0.4) is 0 Å². The van der Waals surface area contributed by atoms with E-state index in [4.69, 9.17) is 5.73 Å². The molecule has 2 aromatic heterocycles. The summed E-state index contributed by atoms with van der Waals surface area (Å²) in [7, 11) is 0. The number of benzene rings is 1. The van der Waals surface area contributed by atoms with E-state index >= 15 is 0 Å². The number of carbonyl (C=O) groups excluding carboxylic acids is 1. The number of H-pyrrole nitrogens is 1. The van der Waals surface area contributed by atoms with Crippen molar-refractivity contribution in [2.45, 2.75) is 6.54 Å². The molecule has 0 aliphatic rings. The van der Waals surface area contributed by atoms with E-state index < -0.39 is 0 Å². The molecule has 0 radical (unpaired) electrons. The Morgan fingerprint density at radius 3 is 2.90 bits per heavy atom. The van der Waals surface area contributed by atoms with Gasteiger partial charge in [0, 0.05) is 12.4 Å². The zero-order valence-corrected chi connectivity index (χ0v) is 11.2. The topological polar surface area (TPSA) is 102 Å². The summed E-state index contributed by atoms with van der Waals surface area (Å²) in [6.07, 6.45) is 3.34. The Kier molecular flexibility index (Phi) is 3.38. The van der Waals surface area contributed by atoms with E-state index in [2.05, 4.69) is 20.6 Å². The molecule has 2 heterocycles. The fourth-order valence-electron chi connectivity index (χ4n) is 1.92. The first kappa shape index (κ1) is 12.9. The van der Waals surface area contributed by atoms with E-state index in [0.29, 0.717) is 17.9 Å². The quantitative estimate of drug-likeness (QED) is 0.624. The molecule has 4 N–H and O–H groups in total. The lowest BCUT2D eigenvalue weighted by Crippen LogP contribution is -2.23. The lowest BCUT2D eigenvalue weighted by atomic mass is 10.3. The molecule has 3 aromatic rings. The van der Waals surface area contributed by atoms with Crippen LogP contribution in [0.5, 0.6) is 0 Å². The van der Waals surface area contributed by atoms with E-state index in [9.17, 15) is 4.79 Å². The van der Waals surface area contributed by atoms with Gasteiger partial charge in [0.2, 0.25) is 0 Å². The third-order valence-electron chi connectivity index (χ3n) is 3.00. The molecule has 0 atom stereocenters. The van der Waals surface area contributed by atoms with Crippen LogP contribution < -0.4 is 11.1 Å². The van der Waals surface area contributed by atoms with Crippen LogP contribution >= 0.6 is 0 Å². The Hall–Kier alpha value is -3.09. The van der Waals surface area contributed by atoms with Gasteiger partial charge >= 0.3 is 0 Å². The van der Waals surface area contributed by atoms with Crippen LogP contribution in [0.25, 0.3) is 5.69 Å². The van der Waals surface area contributed by atoms with Crippen molar-refractivity contribution in [1.29, 1.82) is 0 Å². The number of para-hydroxylation sites is 2. The summed E-state index contributed by atoms with van der Waals surface area (Å²) in [5, 5.41) is 13.6. The third-order valence-corrected chi connectivity index (χ3v) is 3.00. The van der Waals surface area contributed by atoms with Crippen molar-refractivity contribution in [3.05, 3.63) is 60.2 Å². The van der Waals surface area contributed by atoms with Gasteiger partial charge in [-0.15, -0.1) is 0 Å². The highest BCUT2D eigenvalue weighted by Gasteiger charge is 2.11. The molecule has 0 spiro atoms. The van der Waals surface area contributed by atoms with E-state index in [1.165, 1.54) is 0 Å². The van der Waals surface area contributed by atoms with Gasteiger partial charge in [-0.05, 0) is 24.3 Å². The second-order valence-electron chi connectivity index (χ2n) is 4.47. The zero-order valence-electron chi connectivity index (χ0n) is 11.2. The minimum Gasteiger partial charge on any atom is -0.397 e. The highest BCUT2D eigenvalue weighted by atomic mass is 16.1. The van der Waals surface area contributed by atoms with Crippen molar-refractivity contribution < 1.29 is 4.79 Å². The fourth-order valence-corrected chi connectivity index (χ4v) is 1.92. The second kappa shape index (κ2) is 5.49. The number of aromatic nitrogens is 4. The molecule has 0 bridgehead atoms. The SMILES string of the molecule is Nc1ccccc1-n1ccc(C(=O)NCc2ccn[nH]2)n1. The number of nitrogens with two attached hydrogens (primary N) is 1. The highest BCUT2D eigenvalue weighted by Crippen LogP contribution is 2.15. The van der Waals surface area contributed by atoms with Crippen molar-refractivity contribution >= 4 is 11.6 Å². The molecule has 3 rings (SSSR count). The Bertz CT molecular complexity index is 746. The maximum atomic E-state index is 12.0. The predicted molar refractivity (Wildman–Crippen MR) is 77.7 cm³/mol. The largest absolute Gasteiger partial charge is 0.397 e. The number of nitrogen functional groups attached to an aromatic ring is 1. The summed E-state index contributed by atoms with van der Waals surface area (Å²) in [6.45, 7) is 0.374. The smallest absolute Gasteiger partial charge is 0.272 e. The Morgan fingerprint density at radius 1 is 1.29 bits per heavy atom. The molecule has 1 aromatic carbocycles. The van der Waals surface area contributed by atoms with E-state index in [1.54, 1.807) is 35.3 Å². The van der Waals surface area contributed by atoms with Gasteiger partial charge in [-0.2, -0.15) is 10.2 Å². The molecule has 1 amide bonds. The van der Waals surface area contributed by atoms with Crippen molar-refractivity contribution in [2.24, 2.45) is 0 Å². The van der Waals surface area contributed by atoms with Crippen molar-refractivity contribution in [3.8, 4) is 5.69 Å². The Morgan fingerprint density at radius 2 is 2.14 bits per heavy atom. The van der Waals surface area contributed by atoms with Crippen molar-refractivity contribution in [1.82, 2.24) is 25.3 Å². The van der Waals surface area contributed by atoms with Crippen LogP contribution in [0.15, 0.2) is 48.8 Å². The molecule has 0 saturated carbocycles. The van der Waals surface area contributed by atoms with Gasteiger partial charge in [-0.3, -0.25) is 9.89 Å². The Balaban J connectivity index is 1.73. The van der Waals surface area contributed by atoms with Crippen LogP contribution in [0.2, 0.25) is 0 Å². The summed E-state index contributed by atoms with van der Waals surface area (Å²) >= 11 is 0. The highest BCUT2D eigenvalue weighted by molar-refractivity contribution is 5.92. The minimum absolute atomic E-state index is 0.252. The molecule has 106 valence electrons. The maximum Gasteiger partial charge on any atom is 0.272 e. The van der Waals surface area contributed by atoms with Crippen molar-refractivity contribution in [2.75, 3.05) is 5.73 Å². The number of nitrogens with one attached hydrogen (secondary N) is 2. The number of nitrogens with zero attached hydrogens (tertiary/aromatic N) is 3. The second-order valence-corrected chi connectivity index (χ2v) is 4.47. The fraction of sp³-hybridized carbons (Fsp3) is 0.0714. The number of anilines is 1. The molecule has 0 aliphatic carbocycles. The molecular weight excluding hydrogens is 268 g/mol. The summed E-state index contributed by atoms with van der Waals surface area (Å²) in [5.74, 6) is -0.252. The van der Waals surface area contributed by atoms with Gasteiger partial charge in [0.25, 0.3) is 5.91 Å². The van der Waals surface area contributed by atoms with E-state index in [1.807, 2.05) is 18.2 Å². The first-order valence-corrected chi connectivity index (χ1v) is 6.41. The van der Waals surface area contributed by atoms with Gasteiger partial charge < -0.3 is 11.1 Å². The van der Waals surface area contributed by atoms with Gasteiger partial charge in [0.15, 0.2) is 5.69 Å². The number of aromatic amines is 1. The first-order chi connectivity index (χ1) is 10.2. The third kappa shape index (κ3) is 2.76. The first-order valence-electron chi connectivity index (χ1n) is 6.41. The summed E-state index contributed by atoms with van der Waals surface area (Å²) < 4.78 is 1.58. The summed E-state index contributed by atoms with van der Waals surface area (Å²) in [4.78, 5) is 12.0. The predicted octanol–water partition coefficient (Wildman–Crippen LogP) is 1.11. The average molecular weight is 282 g/mol.